The lowest BCUT2D eigenvalue weighted by atomic mass is 10.1. The van der Waals surface area contributed by atoms with Crippen LogP contribution in [-0.2, 0) is 13.0 Å². The van der Waals surface area contributed by atoms with E-state index < -0.39 is 0 Å². The fraction of sp³-hybridized carbons (Fsp3) is 0.312. The molecule has 0 bridgehead atoms. The number of nitrogens with one attached hydrogen (secondary N) is 1. The molecule has 4 nitrogen and oxygen atoms in total. The number of hydrogen-bond acceptors (Lipinski definition) is 4. The van der Waals surface area contributed by atoms with E-state index in [-0.39, 0.29) is 0 Å². The first-order chi connectivity index (χ1) is 10.3. The Morgan fingerprint density at radius 2 is 2.14 bits per heavy atom. The number of rotatable bonds is 4. The van der Waals surface area contributed by atoms with Crippen LogP contribution in [0.2, 0.25) is 0 Å². The Kier molecular flexibility index (Phi) is 4.50. The van der Waals surface area contributed by atoms with Gasteiger partial charge in [0.25, 0.3) is 0 Å². The van der Waals surface area contributed by atoms with E-state index in [4.69, 9.17) is 0 Å². The summed E-state index contributed by atoms with van der Waals surface area (Å²) in [6, 6.07) is 12.9. The number of benzene rings is 1. The first-order valence-corrected chi connectivity index (χ1v) is 8.04. The van der Waals surface area contributed by atoms with Crippen LogP contribution in [0.1, 0.15) is 17.1 Å². The zero-order valence-electron chi connectivity index (χ0n) is 12.0. The van der Waals surface area contributed by atoms with Crippen LogP contribution in [0.5, 0.6) is 0 Å². The summed E-state index contributed by atoms with van der Waals surface area (Å²) in [5.41, 5.74) is 2.33. The normalized spacial score (nSPS) is 19.7. The van der Waals surface area contributed by atoms with Gasteiger partial charge >= 0.3 is 0 Å². The second-order valence-corrected chi connectivity index (χ2v) is 6.07. The molecule has 2 heterocycles. The number of aromatic nitrogens is 2. The molecule has 1 fully saturated rings. The summed E-state index contributed by atoms with van der Waals surface area (Å²) >= 11 is 1.79. The quantitative estimate of drug-likeness (QED) is 0.942. The van der Waals surface area contributed by atoms with Crippen LogP contribution < -0.4 is 5.32 Å². The molecule has 1 aromatic heterocycles. The van der Waals surface area contributed by atoms with Gasteiger partial charge in [0.15, 0.2) is 5.17 Å². The molecule has 3 rings (SSSR count). The molecule has 1 unspecified atom stereocenters. The third kappa shape index (κ3) is 4.04. The van der Waals surface area contributed by atoms with Gasteiger partial charge in [-0.15, -0.1) is 0 Å². The van der Waals surface area contributed by atoms with Crippen molar-refractivity contribution >= 4 is 16.9 Å². The Labute approximate surface area is 129 Å². The molecule has 1 aliphatic heterocycles. The summed E-state index contributed by atoms with van der Waals surface area (Å²) in [7, 11) is 0. The molecule has 1 N–H and O–H groups in total. The second-order valence-electron chi connectivity index (χ2n) is 5.06. The lowest BCUT2D eigenvalue weighted by molar-refractivity contribution is 0.686. The number of nitrogens with zero attached hydrogens (tertiary/aromatic N) is 3. The molecule has 2 aromatic rings. The highest BCUT2D eigenvalue weighted by atomic mass is 32.2. The lowest BCUT2D eigenvalue weighted by Gasteiger charge is -2.09. The average molecular weight is 298 g/mol. The standard InChI is InChI=1S/C16H18N4S/c1-12-17-8-7-14(19-12)10-18-16-20-15(11-21-16)9-13-5-3-2-4-6-13/h2-8,15H,9-11H2,1H3,(H,18,20). The Hall–Kier alpha value is -1.88. The minimum absolute atomic E-state index is 0.461. The van der Waals surface area contributed by atoms with Gasteiger partial charge in [0, 0.05) is 18.0 Å². The van der Waals surface area contributed by atoms with Crippen molar-refractivity contribution in [3.05, 3.63) is 59.7 Å². The first-order valence-electron chi connectivity index (χ1n) is 7.06. The summed E-state index contributed by atoms with van der Waals surface area (Å²) in [5, 5.41) is 4.51. The predicted molar refractivity (Wildman–Crippen MR) is 87.4 cm³/mol. The molecular weight excluding hydrogens is 280 g/mol. The zero-order chi connectivity index (χ0) is 14.5. The van der Waals surface area contributed by atoms with Crippen molar-refractivity contribution in [1.82, 2.24) is 15.3 Å². The van der Waals surface area contributed by atoms with E-state index in [0.717, 1.165) is 28.9 Å². The SMILES string of the molecule is Cc1nccc(CN=C2NC(Cc3ccccc3)CS2)n1. The molecule has 1 aliphatic rings. The molecule has 1 atom stereocenters. The minimum atomic E-state index is 0.461. The Bertz CT molecular complexity index is 627. The lowest BCUT2D eigenvalue weighted by Crippen LogP contribution is -2.29. The van der Waals surface area contributed by atoms with Crippen molar-refractivity contribution in [3.8, 4) is 0 Å². The Balaban J connectivity index is 1.55. The second kappa shape index (κ2) is 6.72. The average Bonchev–Trinajstić information content (AvgIpc) is 2.94. The van der Waals surface area contributed by atoms with Crippen LogP contribution in [0.3, 0.4) is 0 Å². The summed E-state index contributed by atoms with van der Waals surface area (Å²) in [6.07, 6.45) is 2.82. The molecule has 0 spiro atoms. The molecular formula is C16H18N4S. The summed E-state index contributed by atoms with van der Waals surface area (Å²) in [5.74, 6) is 1.86. The van der Waals surface area contributed by atoms with Crippen LogP contribution in [0, 0.1) is 6.92 Å². The van der Waals surface area contributed by atoms with Crippen molar-refractivity contribution < 1.29 is 0 Å². The van der Waals surface area contributed by atoms with E-state index in [1.54, 1.807) is 18.0 Å². The minimum Gasteiger partial charge on any atom is -0.361 e. The van der Waals surface area contributed by atoms with E-state index in [2.05, 4.69) is 50.6 Å². The summed E-state index contributed by atoms with van der Waals surface area (Å²) in [6.45, 7) is 2.51. The molecule has 0 radical (unpaired) electrons. The number of aryl methyl sites for hydroxylation is 1. The van der Waals surface area contributed by atoms with Crippen LogP contribution >= 0.6 is 11.8 Å². The molecule has 1 aromatic carbocycles. The van der Waals surface area contributed by atoms with Crippen molar-refractivity contribution in [2.24, 2.45) is 4.99 Å². The van der Waals surface area contributed by atoms with Crippen molar-refractivity contribution in [1.29, 1.82) is 0 Å². The predicted octanol–water partition coefficient (Wildman–Crippen LogP) is 2.59. The number of thioether (sulfide) groups is 1. The van der Waals surface area contributed by atoms with Crippen molar-refractivity contribution in [3.63, 3.8) is 0 Å². The number of hydrogen-bond donors (Lipinski definition) is 1. The number of aliphatic imine (C=N–C) groups is 1. The monoisotopic (exact) mass is 298 g/mol. The largest absolute Gasteiger partial charge is 0.361 e. The summed E-state index contributed by atoms with van der Waals surface area (Å²) in [4.78, 5) is 13.1. The highest BCUT2D eigenvalue weighted by Gasteiger charge is 2.20. The van der Waals surface area contributed by atoms with Gasteiger partial charge in [0.2, 0.25) is 0 Å². The molecule has 108 valence electrons. The fourth-order valence-corrected chi connectivity index (χ4v) is 3.25. The maximum Gasteiger partial charge on any atom is 0.157 e. The van der Waals surface area contributed by atoms with Gasteiger partial charge in [-0.25, -0.2) is 9.97 Å². The molecule has 0 saturated carbocycles. The maximum absolute atomic E-state index is 4.60. The highest BCUT2D eigenvalue weighted by Crippen LogP contribution is 2.17. The molecule has 0 amide bonds. The van der Waals surface area contributed by atoms with E-state index in [0.29, 0.717) is 12.6 Å². The Morgan fingerprint density at radius 3 is 2.95 bits per heavy atom. The van der Waals surface area contributed by atoms with Crippen LogP contribution in [-0.4, -0.2) is 26.9 Å². The van der Waals surface area contributed by atoms with E-state index in [9.17, 15) is 0 Å². The molecule has 1 saturated heterocycles. The van der Waals surface area contributed by atoms with E-state index >= 15 is 0 Å². The van der Waals surface area contributed by atoms with Gasteiger partial charge in [-0.3, -0.25) is 4.99 Å². The van der Waals surface area contributed by atoms with Gasteiger partial charge in [-0.05, 0) is 25.0 Å². The van der Waals surface area contributed by atoms with E-state index in [1.807, 2.05) is 13.0 Å². The topological polar surface area (TPSA) is 50.2 Å². The zero-order valence-corrected chi connectivity index (χ0v) is 12.8. The van der Waals surface area contributed by atoms with Crippen LogP contribution in [0.4, 0.5) is 0 Å². The number of amidine groups is 1. The van der Waals surface area contributed by atoms with Gasteiger partial charge in [0.1, 0.15) is 5.82 Å². The van der Waals surface area contributed by atoms with Gasteiger partial charge in [-0.1, -0.05) is 42.1 Å². The van der Waals surface area contributed by atoms with Crippen molar-refractivity contribution in [2.75, 3.05) is 5.75 Å². The third-order valence-electron chi connectivity index (χ3n) is 3.29. The van der Waals surface area contributed by atoms with Crippen molar-refractivity contribution in [2.45, 2.75) is 25.9 Å². The molecule has 5 heteroatoms. The smallest absolute Gasteiger partial charge is 0.157 e. The van der Waals surface area contributed by atoms with Crippen LogP contribution in [0.15, 0.2) is 47.6 Å². The van der Waals surface area contributed by atoms with Crippen LogP contribution in [0.25, 0.3) is 0 Å². The summed E-state index contributed by atoms with van der Waals surface area (Å²) < 4.78 is 0. The van der Waals surface area contributed by atoms with Gasteiger partial charge < -0.3 is 5.32 Å². The van der Waals surface area contributed by atoms with E-state index in [1.165, 1.54) is 5.56 Å². The fourth-order valence-electron chi connectivity index (χ4n) is 2.28. The Morgan fingerprint density at radius 1 is 1.29 bits per heavy atom. The first kappa shape index (κ1) is 14.1. The highest BCUT2D eigenvalue weighted by molar-refractivity contribution is 8.14. The molecule has 0 aliphatic carbocycles. The third-order valence-corrected chi connectivity index (χ3v) is 4.38. The van der Waals surface area contributed by atoms with Gasteiger partial charge in [0.05, 0.1) is 12.2 Å². The maximum atomic E-state index is 4.60. The van der Waals surface area contributed by atoms with Gasteiger partial charge in [-0.2, -0.15) is 0 Å². The molecule has 21 heavy (non-hydrogen) atoms.